The van der Waals surface area contributed by atoms with Gasteiger partial charge in [-0.2, -0.15) is 0 Å². The van der Waals surface area contributed by atoms with Gasteiger partial charge in [0.25, 0.3) is 0 Å². The Bertz CT molecular complexity index is 481. The van der Waals surface area contributed by atoms with Crippen molar-refractivity contribution in [3.63, 3.8) is 0 Å². The maximum atomic E-state index is 12.2. The van der Waals surface area contributed by atoms with Crippen LogP contribution in [0.15, 0.2) is 12.2 Å². The van der Waals surface area contributed by atoms with Gasteiger partial charge in [0, 0.05) is 11.3 Å². The van der Waals surface area contributed by atoms with Gasteiger partial charge in [-0.3, -0.25) is 9.59 Å². The van der Waals surface area contributed by atoms with Crippen LogP contribution in [0.1, 0.15) is 33.6 Å². The molecule has 0 spiro atoms. The minimum atomic E-state index is -1.27. The van der Waals surface area contributed by atoms with Gasteiger partial charge in [0.15, 0.2) is 5.78 Å². The monoisotopic (exact) mass is 296 g/mol. The fraction of sp³-hybridized carbons (Fsp3) is 0.750. The van der Waals surface area contributed by atoms with Gasteiger partial charge in [0.2, 0.25) is 0 Å². The fourth-order valence-electron chi connectivity index (χ4n) is 4.13. The number of methoxy groups -OCH3 is 1. The summed E-state index contributed by atoms with van der Waals surface area (Å²) in [5.74, 6) is -1.84. The van der Waals surface area contributed by atoms with Crippen molar-refractivity contribution in [3.05, 3.63) is 12.2 Å². The second-order valence-electron chi connectivity index (χ2n) is 6.82. The number of aliphatic hydroxyl groups excluding tert-OH is 1. The largest absolute Gasteiger partial charge is 0.469 e. The first-order chi connectivity index (χ1) is 9.65. The van der Waals surface area contributed by atoms with E-state index in [1.54, 1.807) is 20.8 Å². The van der Waals surface area contributed by atoms with E-state index in [2.05, 4.69) is 0 Å². The molecule has 2 aliphatic carbocycles. The molecular formula is C16H24O5. The highest BCUT2D eigenvalue weighted by Crippen LogP contribution is 2.53. The fourth-order valence-corrected chi connectivity index (χ4v) is 4.13. The van der Waals surface area contributed by atoms with Crippen molar-refractivity contribution in [2.24, 2.45) is 23.2 Å². The van der Waals surface area contributed by atoms with Gasteiger partial charge in [0.05, 0.1) is 24.7 Å². The summed E-state index contributed by atoms with van der Waals surface area (Å²) in [7, 11) is 1.32. The third-order valence-corrected chi connectivity index (χ3v) is 5.44. The Hall–Kier alpha value is -1.20. The topological polar surface area (TPSA) is 83.8 Å². The molecule has 0 radical (unpaired) electrons. The first-order valence-corrected chi connectivity index (χ1v) is 7.37. The van der Waals surface area contributed by atoms with E-state index in [0.29, 0.717) is 12.8 Å². The number of rotatable bonds is 2. The zero-order valence-corrected chi connectivity index (χ0v) is 13.0. The SMILES string of the molecule is COC(=O)[C@@H](C)[C@H]1CC[C@@]2(C)C(=O)C=C[C@](C)(O)[C@@H]2[C@@H]1O. The van der Waals surface area contributed by atoms with Gasteiger partial charge >= 0.3 is 5.97 Å². The smallest absolute Gasteiger partial charge is 0.308 e. The first kappa shape index (κ1) is 16.2. The molecule has 2 aliphatic rings. The molecule has 0 aliphatic heterocycles. The highest BCUT2D eigenvalue weighted by molar-refractivity contribution is 5.96. The van der Waals surface area contributed by atoms with Gasteiger partial charge in [-0.15, -0.1) is 0 Å². The van der Waals surface area contributed by atoms with Crippen LogP contribution >= 0.6 is 0 Å². The molecule has 21 heavy (non-hydrogen) atoms. The van der Waals surface area contributed by atoms with Crippen molar-refractivity contribution in [1.29, 1.82) is 0 Å². The number of esters is 1. The lowest BCUT2D eigenvalue weighted by molar-refractivity contribution is -0.172. The van der Waals surface area contributed by atoms with Crippen LogP contribution in [0.4, 0.5) is 0 Å². The molecule has 5 heteroatoms. The van der Waals surface area contributed by atoms with Crippen LogP contribution < -0.4 is 0 Å². The van der Waals surface area contributed by atoms with Gasteiger partial charge in [-0.25, -0.2) is 0 Å². The van der Waals surface area contributed by atoms with E-state index in [0.717, 1.165) is 0 Å². The molecule has 6 atom stereocenters. The Kier molecular flexibility index (Phi) is 4.02. The summed E-state index contributed by atoms with van der Waals surface area (Å²) < 4.78 is 4.75. The van der Waals surface area contributed by atoms with E-state index < -0.39 is 29.0 Å². The van der Waals surface area contributed by atoms with Crippen LogP contribution in [0, 0.1) is 23.2 Å². The predicted octanol–water partition coefficient (Wildman–Crippen LogP) is 1.08. The molecule has 0 aromatic heterocycles. The van der Waals surface area contributed by atoms with E-state index >= 15 is 0 Å². The molecule has 1 saturated carbocycles. The van der Waals surface area contributed by atoms with Gasteiger partial charge in [-0.05, 0) is 37.8 Å². The molecule has 0 saturated heterocycles. The van der Waals surface area contributed by atoms with E-state index in [1.165, 1.54) is 19.3 Å². The highest BCUT2D eigenvalue weighted by atomic mass is 16.5. The Morgan fingerprint density at radius 1 is 1.48 bits per heavy atom. The van der Waals surface area contributed by atoms with E-state index in [-0.39, 0.29) is 17.7 Å². The third-order valence-electron chi connectivity index (χ3n) is 5.44. The molecule has 5 nitrogen and oxygen atoms in total. The summed E-state index contributed by atoms with van der Waals surface area (Å²) >= 11 is 0. The van der Waals surface area contributed by atoms with Crippen molar-refractivity contribution >= 4 is 11.8 Å². The Morgan fingerprint density at radius 3 is 2.67 bits per heavy atom. The summed E-state index contributed by atoms with van der Waals surface area (Å²) in [6.45, 7) is 5.12. The van der Waals surface area contributed by atoms with Gasteiger partial charge < -0.3 is 14.9 Å². The van der Waals surface area contributed by atoms with Gasteiger partial charge in [0.1, 0.15) is 0 Å². The lowest BCUT2D eigenvalue weighted by Gasteiger charge is -2.53. The van der Waals surface area contributed by atoms with Crippen LogP contribution in [-0.4, -0.2) is 40.8 Å². The van der Waals surface area contributed by atoms with Crippen molar-refractivity contribution < 1.29 is 24.5 Å². The minimum Gasteiger partial charge on any atom is -0.469 e. The van der Waals surface area contributed by atoms with Crippen molar-refractivity contribution in [2.45, 2.75) is 45.3 Å². The number of fused-ring (bicyclic) bond motifs is 1. The van der Waals surface area contributed by atoms with Crippen LogP contribution in [0.25, 0.3) is 0 Å². The Labute approximate surface area is 125 Å². The molecule has 0 bridgehead atoms. The summed E-state index contributed by atoms with van der Waals surface area (Å²) in [5, 5.41) is 21.3. The van der Waals surface area contributed by atoms with Crippen LogP contribution in [0.5, 0.6) is 0 Å². The molecule has 0 amide bonds. The zero-order valence-electron chi connectivity index (χ0n) is 13.0. The summed E-state index contributed by atoms with van der Waals surface area (Å²) in [5.41, 5.74) is -2.05. The second-order valence-corrected chi connectivity index (χ2v) is 6.82. The Balaban J connectivity index is 2.36. The van der Waals surface area contributed by atoms with Crippen molar-refractivity contribution in [1.82, 2.24) is 0 Å². The average molecular weight is 296 g/mol. The Morgan fingerprint density at radius 2 is 2.10 bits per heavy atom. The molecule has 1 fully saturated rings. The minimum absolute atomic E-state index is 0.0674. The summed E-state index contributed by atoms with van der Waals surface area (Å²) in [6.07, 6.45) is 3.03. The molecule has 0 unspecified atom stereocenters. The van der Waals surface area contributed by atoms with Crippen LogP contribution in [-0.2, 0) is 14.3 Å². The highest BCUT2D eigenvalue weighted by Gasteiger charge is 2.58. The molecule has 2 N–H and O–H groups in total. The lowest BCUT2D eigenvalue weighted by atomic mass is 9.52. The van der Waals surface area contributed by atoms with Crippen molar-refractivity contribution in [3.8, 4) is 0 Å². The number of aliphatic hydroxyl groups is 2. The molecule has 0 aromatic carbocycles. The van der Waals surface area contributed by atoms with Crippen LogP contribution in [0.3, 0.4) is 0 Å². The normalized spacial score (nSPS) is 44.1. The molecule has 118 valence electrons. The standard InChI is InChI=1S/C16H24O5/c1-9(14(19)21-4)10-5-7-15(2)11(17)6-8-16(3,20)13(15)12(10)18/h6,8-10,12-13,18,20H,5,7H2,1-4H3/t9-,10+,12+,13+,15-,16-/m0/s1. The number of carbonyl (C=O) groups is 2. The number of ether oxygens (including phenoxy) is 1. The number of ketones is 1. The summed E-state index contributed by atoms with van der Waals surface area (Å²) in [6, 6.07) is 0. The first-order valence-electron chi connectivity index (χ1n) is 7.37. The average Bonchev–Trinajstić information content (AvgIpc) is 2.42. The second kappa shape index (κ2) is 5.21. The van der Waals surface area contributed by atoms with Crippen LogP contribution in [0.2, 0.25) is 0 Å². The molecule has 0 heterocycles. The van der Waals surface area contributed by atoms with E-state index in [9.17, 15) is 19.8 Å². The number of allylic oxidation sites excluding steroid dienone is 1. The predicted molar refractivity (Wildman–Crippen MR) is 76.3 cm³/mol. The molecular weight excluding hydrogens is 272 g/mol. The number of carbonyl (C=O) groups excluding carboxylic acids is 2. The van der Waals surface area contributed by atoms with E-state index in [1.807, 2.05) is 0 Å². The summed E-state index contributed by atoms with van der Waals surface area (Å²) in [4.78, 5) is 24.0. The number of hydrogen-bond acceptors (Lipinski definition) is 5. The zero-order chi connectivity index (χ0) is 16.0. The molecule has 2 rings (SSSR count). The third kappa shape index (κ3) is 2.42. The quantitative estimate of drug-likeness (QED) is 0.745. The van der Waals surface area contributed by atoms with Crippen molar-refractivity contribution in [2.75, 3.05) is 7.11 Å². The lowest BCUT2D eigenvalue weighted by Crippen LogP contribution is -2.60. The van der Waals surface area contributed by atoms with E-state index in [4.69, 9.17) is 4.74 Å². The maximum absolute atomic E-state index is 12.2. The molecule has 0 aromatic rings. The van der Waals surface area contributed by atoms with Gasteiger partial charge in [-0.1, -0.05) is 13.8 Å². The maximum Gasteiger partial charge on any atom is 0.308 e. The number of hydrogen-bond donors (Lipinski definition) is 2.